The topological polar surface area (TPSA) is 56.8 Å². The van der Waals surface area contributed by atoms with Gasteiger partial charge in [-0.2, -0.15) is 0 Å². The number of carbonyl (C=O) groups excluding carboxylic acids is 1. The Morgan fingerprint density at radius 3 is 2.13 bits per heavy atom. The lowest BCUT2D eigenvalue weighted by molar-refractivity contribution is -0.118. The number of benzene rings is 2. The van der Waals surface area contributed by atoms with Crippen LogP contribution in [0.25, 0.3) is 0 Å². The first-order valence-corrected chi connectivity index (χ1v) is 7.60. The van der Waals surface area contributed by atoms with Crippen LogP contribution in [0.2, 0.25) is 0 Å². The Labute approximate surface area is 136 Å². The van der Waals surface area contributed by atoms with E-state index in [4.69, 9.17) is 14.2 Å². The Hall–Kier alpha value is -2.69. The molecule has 0 saturated carbocycles. The molecular weight excluding hydrogens is 294 g/mol. The van der Waals surface area contributed by atoms with Gasteiger partial charge >= 0.3 is 0 Å². The number of rotatable bonds is 8. The van der Waals surface area contributed by atoms with Crippen molar-refractivity contribution in [3.05, 3.63) is 48.5 Å². The number of hydrogen-bond donors (Lipinski definition) is 1. The van der Waals surface area contributed by atoms with E-state index in [1.54, 1.807) is 30.3 Å². The standard InChI is InChI=1S/C18H21NO4/c1-3-21-14-9-11-15(12-10-14)23-13-18(20)19-16-7-5-6-8-17(16)22-4-2/h5-12H,3-4,13H2,1-2H3,(H,19,20). The number of para-hydroxylation sites is 2. The first-order valence-electron chi connectivity index (χ1n) is 7.60. The summed E-state index contributed by atoms with van der Waals surface area (Å²) in [5.41, 5.74) is 0.634. The normalized spacial score (nSPS) is 10.0. The van der Waals surface area contributed by atoms with Crippen LogP contribution in [0.5, 0.6) is 17.2 Å². The van der Waals surface area contributed by atoms with Gasteiger partial charge in [-0.05, 0) is 50.2 Å². The van der Waals surface area contributed by atoms with Crippen molar-refractivity contribution in [2.24, 2.45) is 0 Å². The molecule has 23 heavy (non-hydrogen) atoms. The molecule has 0 spiro atoms. The van der Waals surface area contributed by atoms with Gasteiger partial charge in [0.05, 0.1) is 18.9 Å². The molecule has 2 aromatic carbocycles. The van der Waals surface area contributed by atoms with Gasteiger partial charge in [0.25, 0.3) is 5.91 Å². The summed E-state index contributed by atoms with van der Waals surface area (Å²) < 4.78 is 16.3. The fourth-order valence-corrected chi connectivity index (χ4v) is 1.99. The van der Waals surface area contributed by atoms with E-state index in [1.807, 2.05) is 32.0 Å². The van der Waals surface area contributed by atoms with Gasteiger partial charge in [-0.3, -0.25) is 4.79 Å². The zero-order valence-electron chi connectivity index (χ0n) is 13.4. The van der Waals surface area contributed by atoms with Gasteiger partial charge in [-0.1, -0.05) is 12.1 Å². The molecular formula is C18H21NO4. The second-order valence-electron chi connectivity index (χ2n) is 4.67. The van der Waals surface area contributed by atoms with Gasteiger partial charge in [0.2, 0.25) is 0 Å². The van der Waals surface area contributed by atoms with E-state index >= 15 is 0 Å². The molecule has 5 heteroatoms. The molecule has 0 fully saturated rings. The van der Waals surface area contributed by atoms with E-state index in [1.165, 1.54) is 0 Å². The Morgan fingerprint density at radius 1 is 0.870 bits per heavy atom. The van der Waals surface area contributed by atoms with Crippen molar-refractivity contribution >= 4 is 11.6 Å². The third kappa shape index (κ3) is 5.21. The third-order valence-corrected chi connectivity index (χ3v) is 2.97. The predicted octanol–water partition coefficient (Wildman–Crippen LogP) is 3.50. The highest BCUT2D eigenvalue weighted by atomic mass is 16.5. The first-order chi connectivity index (χ1) is 11.2. The molecule has 2 aromatic rings. The summed E-state index contributed by atoms with van der Waals surface area (Å²) in [7, 11) is 0. The Morgan fingerprint density at radius 2 is 1.48 bits per heavy atom. The Kier molecular flexibility index (Phi) is 6.29. The molecule has 122 valence electrons. The van der Waals surface area contributed by atoms with E-state index < -0.39 is 0 Å². The molecule has 0 heterocycles. The lowest BCUT2D eigenvalue weighted by Gasteiger charge is -2.12. The monoisotopic (exact) mass is 315 g/mol. The van der Waals surface area contributed by atoms with Crippen LogP contribution in [0.15, 0.2) is 48.5 Å². The van der Waals surface area contributed by atoms with Crippen molar-refractivity contribution in [2.45, 2.75) is 13.8 Å². The number of nitrogens with one attached hydrogen (secondary N) is 1. The summed E-state index contributed by atoms with van der Waals surface area (Å²) >= 11 is 0. The molecule has 0 aliphatic heterocycles. The van der Waals surface area contributed by atoms with Gasteiger partial charge in [-0.25, -0.2) is 0 Å². The van der Waals surface area contributed by atoms with E-state index in [-0.39, 0.29) is 12.5 Å². The van der Waals surface area contributed by atoms with E-state index in [2.05, 4.69) is 5.32 Å². The SMILES string of the molecule is CCOc1ccc(OCC(=O)Nc2ccccc2OCC)cc1. The van der Waals surface area contributed by atoms with Crippen LogP contribution < -0.4 is 19.5 Å². The summed E-state index contributed by atoms with van der Waals surface area (Å²) in [5.74, 6) is 1.78. The summed E-state index contributed by atoms with van der Waals surface area (Å²) in [6.45, 7) is 4.90. The van der Waals surface area contributed by atoms with Crippen LogP contribution in [0.3, 0.4) is 0 Å². The van der Waals surface area contributed by atoms with Crippen molar-refractivity contribution < 1.29 is 19.0 Å². The molecule has 0 unspecified atom stereocenters. The van der Waals surface area contributed by atoms with E-state index in [0.29, 0.717) is 30.4 Å². The van der Waals surface area contributed by atoms with Crippen molar-refractivity contribution in [1.82, 2.24) is 0 Å². The van der Waals surface area contributed by atoms with Gasteiger partial charge in [0.1, 0.15) is 17.2 Å². The van der Waals surface area contributed by atoms with Crippen LogP contribution in [0, 0.1) is 0 Å². The zero-order chi connectivity index (χ0) is 16.5. The molecule has 0 bridgehead atoms. The smallest absolute Gasteiger partial charge is 0.262 e. The molecule has 1 amide bonds. The highest BCUT2D eigenvalue weighted by Gasteiger charge is 2.08. The van der Waals surface area contributed by atoms with Gasteiger partial charge in [0.15, 0.2) is 6.61 Å². The largest absolute Gasteiger partial charge is 0.494 e. The minimum absolute atomic E-state index is 0.0750. The predicted molar refractivity (Wildman–Crippen MR) is 89.3 cm³/mol. The van der Waals surface area contributed by atoms with Crippen molar-refractivity contribution in [3.8, 4) is 17.2 Å². The summed E-state index contributed by atoms with van der Waals surface area (Å²) in [4.78, 5) is 12.0. The Balaban J connectivity index is 1.87. The highest BCUT2D eigenvalue weighted by Crippen LogP contribution is 2.23. The minimum atomic E-state index is -0.244. The minimum Gasteiger partial charge on any atom is -0.494 e. The summed E-state index contributed by atoms with van der Waals surface area (Å²) in [6, 6.07) is 14.5. The molecule has 0 saturated heterocycles. The first kappa shape index (κ1) is 16.7. The third-order valence-electron chi connectivity index (χ3n) is 2.97. The van der Waals surface area contributed by atoms with Crippen molar-refractivity contribution in [2.75, 3.05) is 25.1 Å². The highest BCUT2D eigenvalue weighted by molar-refractivity contribution is 5.93. The number of ether oxygens (including phenoxy) is 3. The number of anilines is 1. The van der Waals surface area contributed by atoms with Gasteiger partial charge < -0.3 is 19.5 Å². The maximum Gasteiger partial charge on any atom is 0.262 e. The van der Waals surface area contributed by atoms with Crippen molar-refractivity contribution in [3.63, 3.8) is 0 Å². The second-order valence-corrected chi connectivity index (χ2v) is 4.67. The molecule has 0 aliphatic carbocycles. The van der Waals surface area contributed by atoms with Crippen LogP contribution >= 0.6 is 0 Å². The lowest BCUT2D eigenvalue weighted by atomic mass is 10.3. The number of amides is 1. The van der Waals surface area contributed by atoms with Crippen LogP contribution in [0.1, 0.15) is 13.8 Å². The number of hydrogen-bond acceptors (Lipinski definition) is 4. The maximum absolute atomic E-state index is 12.0. The summed E-state index contributed by atoms with van der Waals surface area (Å²) in [6.07, 6.45) is 0. The van der Waals surface area contributed by atoms with Gasteiger partial charge in [0, 0.05) is 0 Å². The maximum atomic E-state index is 12.0. The zero-order valence-corrected chi connectivity index (χ0v) is 13.4. The lowest BCUT2D eigenvalue weighted by Crippen LogP contribution is -2.20. The number of carbonyl (C=O) groups is 1. The average molecular weight is 315 g/mol. The molecule has 0 aromatic heterocycles. The second kappa shape index (κ2) is 8.68. The fourth-order valence-electron chi connectivity index (χ4n) is 1.99. The van der Waals surface area contributed by atoms with Crippen LogP contribution in [-0.4, -0.2) is 25.7 Å². The molecule has 0 aliphatic rings. The quantitative estimate of drug-likeness (QED) is 0.810. The fraction of sp³-hybridized carbons (Fsp3) is 0.278. The molecule has 0 atom stereocenters. The molecule has 1 N–H and O–H groups in total. The molecule has 5 nitrogen and oxygen atoms in total. The molecule has 2 rings (SSSR count). The molecule has 0 radical (unpaired) electrons. The van der Waals surface area contributed by atoms with Crippen LogP contribution in [0.4, 0.5) is 5.69 Å². The summed E-state index contributed by atoms with van der Waals surface area (Å²) in [5, 5.41) is 2.78. The van der Waals surface area contributed by atoms with E-state index in [0.717, 1.165) is 5.75 Å². The Bertz CT molecular complexity index is 625. The van der Waals surface area contributed by atoms with E-state index in [9.17, 15) is 4.79 Å². The van der Waals surface area contributed by atoms with Crippen molar-refractivity contribution in [1.29, 1.82) is 0 Å². The van der Waals surface area contributed by atoms with Gasteiger partial charge in [-0.15, -0.1) is 0 Å². The average Bonchev–Trinajstić information content (AvgIpc) is 2.57. The van der Waals surface area contributed by atoms with Crippen LogP contribution in [-0.2, 0) is 4.79 Å².